The first-order valence-electron chi connectivity index (χ1n) is 5.34. The zero-order chi connectivity index (χ0) is 12.4. The van der Waals surface area contributed by atoms with Crippen molar-refractivity contribution in [2.45, 2.75) is 6.92 Å². The van der Waals surface area contributed by atoms with Crippen LogP contribution < -0.4 is 9.64 Å². The van der Waals surface area contributed by atoms with Gasteiger partial charge in [0.2, 0.25) is 0 Å². The summed E-state index contributed by atoms with van der Waals surface area (Å²) in [6.45, 7) is 2.29. The highest BCUT2D eigenvalue weighted by Crippen LogP contribution is 2.31. The lowest BCUT2D eigenvalue weighted by Crippen LogP contribution is -2.29. The summed E-state index contributed by atoms with van der Waals surface area (Å²) in [5.74, 6) is -0.368. The van der Waals surface area contributed by atoms with E-state index in [0.29, 0.717) is 23.5 Å². The van der Waals surface area contributed by atoms with Crippen molar-refractivity contribution in [3.05, 3.63) is 35.9 Å². The molecule has 0 saturated heterocycles. The summed E-state index contributed by atoms with van der Waals surface area (Å²) in [6, 6.07) is 5.08. The van der Waals surface area contributed by atoms with E-state index in [0.717, 1.165) is 0 Å². The van der Waals surface area contributed by atoms with Crippen molar-refractivity contribution in [1.29, 1.82) is 0 Å². The average molecular weight is 231 g/mol. The minimum atomic E-state index is -0.480. The van der Waals surface area contributed by atoms with E-state index in [1.54, 1.807) is 18.2 Å². The predicted molar refractivity (Wildman–Crippen MR) is 64.5 cm³/mol. The van der Waals surface area contributed by atoms with E-state index in [1.165, 1.54) is 12.0 Å². The molecule has 4 nitrogen and oxygen atoms in total. The third-order valence-corrected chi connectivity index (χ3v) is 2.70. The van der Waals surface area contributed by atoms with Crippen LogP contribution in [0.4, 0.5) is 5.69 Å². The van der Waals surface area contributed by atoms with Crippen LogP contribution in [0.2, 0.25) is 0 Å². The number of amides is 1. The van der Waals surface area contributed by atoms with Gasteiger partial charge < -0.3 is 9.64 Å². The van der Waals surface area contributed by atoms with Gasteiger partial charge >= 0.3 is 0 Å². The lowest BCUT2D eigenvalue weighted by Gasteiger charge is -2.13. The van der Waals surface area contributed by atoms with E-state index in [-0.39, 0.29) is 0 Å². The van der Waals surface area contributed by atoms with Crippen LogP contribution in [0.1, 0.15) is 17.3 Å². The highest BCUT2D eigenvalue weighted by molar-refractivity contribution is 6.52. The highest BCUT2D eigenvalue weighted by atomic mass is 16.5. The van der Waals surface area contributed by atoms with Crippen LogP contribution in [-0.2, 0) is 4.79 Å². The van der Waals surface area contributed by atoms with Crippen molar-refractivity contribution in [3.8, 4) is 5.75 Å². The Morgan fingerprint density at radius 2 is 2.12 bits per heavy atom. The highest BCUT2D eigenvalue weighted by Gasteiger charge is 2.35. The van der Waals surface area contributed by atoms with E-state index in [2.05, 4.69) is 0 Å². The number of ether oxygens (including phenoxy) is 1. The monoisotopic (exact) mass is 231 g/mol. The molecule has 0 N–H and O–H groups in total. The third kappa shape index (κ3) is 1.82. The molecular weight excluding hydrogens is 218 g/mol. The Morgan fingerprint density at radius 3 is 2.76 bits per heavy atom. The van der Waals surface area contributed by atoms with Crippen molar-refractivity contribution in [1.82, 2.24) is 0 Å². The zero-order valence-corrected chi connectivity index (χ0v) is 9.77. The molecule has 0 aliphatic carbocycles. The Kier molecular flexibility index (Phi) is 2.95. The summed E-state index contributed by atoms with van der Waals surface area (Å²) in [6.07, 6.45) is 3.68. The predicted octanol–water partition coefficient (Wildman–Crippen LogP) is 1.80. The van der Waals surface area contributed by atoms with E-state index < -0.39 is 11.7 Å². The molecule has 1 aliphatic heterocycles. The zero-order valence-electron chi connectivity index (χ0n) is 9.77. The minimum absolute atomic E-state index is 0.416. The fourth-order valence-electron chi connectivity index (χ4n) is 1.80. The SMILES string of the molecule is C/C=C/CN1C(=O)C(=O)c2cc(OC)ccc21. The summed E-state index contributed by atoms with van der Waals surface area (Å²) < 4.78 is 5.04. The standard InChI is InChI=1S/C13H13NO3/c1-3-4-7-14-11-6-5-9(17-2)8-10(11)12(15)13(14)16/h3-6,8H,7H2,1-2H3/b4-3+. The number of nitrogens with zero attached hydrogens (tertiary/aromatic N) is 1. The molecule has 17 heavy (non-hydrogen) atoms. The Bertz CT molecular complexity index is 505. The molecule has 1 aliphatic rings. The number of carbonyl (C=O) groups is 2. The van der Waals surface area contributed by atoms with Gasteiger partial charge in [-0.25, -0.2) is 0 Å². The number of methoxy groups -OCH3 is 1. The maximum Gasteiger partial charge on any atom is 0.299 e. The van der Waals surface area contributed by atoms with Crippen LogP contribution in [0.3, 0.4) is 0 Å². The van der Waals surface area contributed by atoms with Gasteiger partial charge in [-0.15, -0.1) is 0 Å². The molecule has 88 valence electrons. The number of anilines is 1. The second-order valence-corrected chi connectivity index (χ2v) is 3.70. The molecule has 0 spiro atoms. The first-order chi connectivity index (χ1) is 8.19. The van der Waals surface area contributed by atoms with Crippen molar-refractivity contribution in [2.24, 2.45) is 0 Å². The summed E-state index contributed by atoms with van der Waals surface area (Å²) in [4.78, 5) is 25.0. The molecule has 0 atom stereocenters. The molecule has 2 rings (SSSR count). The fraction of sp³-hybridized carbons (Fsp3) is 0.231. The number of ketones is 1. The molecule has 4 heteroatoms. The van der Waals surface area contributed by atoms with Gasteiger partial charge in [0.25, 0.3) is 11.7 Å². The second-order valence-electron chi connectivity index (χ2n) is 3.70. The van der Waals surface area contributed by atoms with Crippen LogP contribution in [0.5, 0.6) is 5.75 Å². The molecular formula is C13H13NO3. The first-order valence-corrected chi connectivity index (χ1v) is 5.34. The van der Waals surface area contributed by atoms with Gasteiger partial charge in [0.15, 0.2) is 0 Å². The maximum absolute atomic E-state index is 11.8. The van der Waals surface area contributed by atoms with Crippen molar-refractivity contribution >= 4 is 17.4 Å². The lowest BCUT2D eigenvalue weighted by molar-refractivity contribution is -0.114. The maximum atomic E-state index is 11.8. The quantitative estimate of drug-likeness (QED) is 0.588. The Hall–Kier alpha value is -2.10. The van der Waals surface area contributed by atoms with Crippen LogP contribution in [0.15, 0.2) is 30.4 Å². The molecule has 1 heterocycles. The molecule has 1 aromatic carbocycles. The largest absolute Gasteiger partial charge is 0.497 e. The van der Waals surface area contributed by atoms with Crippen LogP contribution >= 0.6 is 0 Å². The van der Waals surface area contributed by atoms with E-state index >= 15 is 0 Å². The summed E-state index contributed by atoms with van der Waals surface area (Å²) in [5, 5.41) is 0. The van der Waals surface area contributed by atoms with Gasteiger partial charge in [-0.3, -0.25) is 9.59 Å². The van der Waals surface area contributed by atoms with Gasteiger partial charge in [0.1, 0.15) is 5.75 Å². The van der Waals surface area contributed by atoms with Crippen molar-refractivity contribution < 1.29 is 14.3 Å². The first kappa shape index (κ1) is 11.4. The number of rotatable bonds is 3. The topological polar surface area (TPSA) is 46.6 Å². The Balaban J connectivity index is 2.43. The van der Waals surface area contributed by atoms with Gasteiger partial charge in [0.05, 0.1) is 18.4 Å². The van der Waals surface area contributed by atoms with Gasteiger partial charge in [-0.2, -0.15) is 0 Å². The Labute approximate surface area is 99.5 Å². The number of hydrogen-bond donors (Lipinski definition) is 0. The number of fused-ring (bicyclic) bond motifs is 1. The normalized spacial score (nSPS) is 14.6. The molecule has 1 amide bonds. The third-order valence-electron chi connectivity index (χ3n) is 2.70. The summed E-state index contributed by atoms with van der Waals surface area (Å²) in [5.41, 5.74) is 1.07. The lowest BCUT2D eigenvalue weighted by atomic mass is 10.1. The molecule has 0 aromatic heterocycles. The molecule has 1 aromatic rings. The summed E-state index contributed by atoms with van der Waals surface area (Å²) in [7, 11) is 1.53. The number of carbonyl (C=O) groups excluding carboxylic acids is 2. The molecule has 0 unspecified atom stereocenters. The van der Waals surface area contributed by atoms with Gasteiger partial charge in [-0.05, 0) is 25.1 Å². The van der Waals surface area contributed by atoms with Crippen molar-refractivity contribution in [3.63, 3.8) is 0 Å². The number of Topliss-reactive ketones (excluding diaryl/α,β-unsaturated/α-hetero) is 1. The van der Waals surface area contributed by atoms with Crippen LogP contribution in [0, 0.1) is 0 Å². The number of allylic oxidation sites excluding steroid dienone is 1. The van der Waals surface area contributed by atoms with Gasteiger partial charge in [0, 0.05) is 6.54 Å². The van der Waals surface area contributed by atoms with Crippen LogP contribution in [-0.4, -0.2) is 25.3 Å². The molecule has 0 radical (unpaired) electrons. The average Bonchev–Trinajstić information content (AvgIpc) is 2.60. The van der Waals surface area contributed by atoms with E-state index in [1.807, 2.05) is 19.1 Å². The van der Waals surface area contributed by atoms with E-state index in [9.17, 15) is 9.59 Å². The Morgan fingerprint density at radius 1 is 1.35 bits per heavy atom. The minimum Gasteiger partial charge on any atom is -0.497 e. The summed E-state index contributed by atoms with van der Waals surface area (Å²) >= 11 is 0. The van der Waals surface area contributed by atoms with E-state index in [4.69, 9.17) is 4.74 Å². The molecule has 0 fully saturated rings. The van der Waals surface area contributed by atoms with Crippen LogP contribution in [0.25, 0.3) is 0 Å². The number of hydrogen-bond acceptors (Lipinski definition) is 3. The fourth-order valence-corrected chi connectivity index (χ4v) is 1.80. The second kappa shape index (κ2) is 4.41. The molecule has 0 bridgehead atoms. The number of benzene rings is 1. The van der Waals surface area contributed by atoms with Gasteiger partial charge in [-0.1, -0.05) is 12.2 Å². The van der Waals surface area contributed by atoms with Crippen molar-refractivity contribution in [2.75, 3.05) is 18.6 Å². The smallest absolute Gasteiger partial charge is 0.299 e. The molecule has 0 saturated carbocycles.